The largest absolute Gasteiger partial charge is 0.383 e. The van der Waals surface area contributed by atoms with Gasteiger partial charge in [-0.3, -0.25) is 4.79 Å². The third kappa shape index (κ3) is 1.32. The summed E-state index contributed by atoms with van der Waals surface area (Å²) in [6.45, 7) is 4.06. The van der Waals surface area contributed by atoms with Crippen molar-refractivity contribution in [3.8, 4) is 0 Å². The molecule has 0 amide bonds. The fourth-order valence-corrected chi connectivity index (χ4v) is 1.000. The molecule has 1 aromatic rings. The molecule has 2 N–H and O–H groups in total. The van der Waals surface area contributed by atoms with E-state index in [4.69, 9.17) is 5.73 Å². The first kappa shape index (κ1) is 8.77. The molecule has 0 aliphatic carbocycles. The Morgan fingerprint density at radius 3 is 2.92 bits per heavy atom. The molecule has 0 saturated carbocycles. The van der Waals surface area contributed by atoms with Crippen LogP contribution in [0.2, 0.25) is 0 Å². The summed E-state index contributed by atoms with van der Waals surface area (Å²) < 4.78 is 1.67. The number of aromatic nitrogens is 2. The van der Waals surface area contributed by atoms with Gasteiger partial charge in [0, 0.05) is 0 Å². The summed E-state index contributed by atoms with van der Waals surface area (Å²) in [4.78, 5) is 10.4. The van der Waals surface area contributed by atoms with Crippen LogP contribution in [0.15, 0.2) is 6.20 Å². The topological polar surface area (TPSA) is 60.9 Å². The zero-order valence-corrected chi connectivity index (χ0v) is 7.32. The SMILES string of the molecule is CCC(C)n1ncc(C=O)c1N. The highest BCUT2D eigenvalue weighted by Gasteiger charge is 2.09. The maximum Gasteiger partial charge on any atom is 0.155 e. The van der Waals surface area contributed by atoms with Crippen LogP contribution in [0.25, 0.3) is 0 Å². The number of rotatable bonds is 3. The first-order valence-corrected chi connectivity index (χ1v) is 3.98. The van der Waals surface area contributed by atoms with Crippen molar-refractivity contribution in [1.29, 1.82) is 0 Å². The molecule has 12 heavy (non-hydrogen) atoms. The van der Waals surface area contributed by atoms with E-state index >= 15 is 0 Å². The Balaban J connectivity index is 3.01. The molecule has 1 rings (SSSR count). The zero-order chi connectivity index (χ0) is 9.14. The Kier molecular flexibility index (Phi) is 2.47. The normalized spacial score (nSPS) is 12.8. The second kappa shape index (κ2) is 3.38. The number of hydrogen-bond donors (Lipinski definition) is 1. The lowest BCUT2D eigenvalue weighted by atomic mass is 10.2. The van der Waals surface area contributed by atoms with Crippen LogP contribution in [-0.4, -0.2) is 16.1 Å². The van der Waals surface area contributed by atoms with Gasteiger partial charge in [-0.1, -0.05) is 6.92 Å². The van der Waals surface area contributed by atoms with E-state index in [1.54, 1.807) is 4.68 Å². The average Bonchev–Trinajstić information content (AvgIpc) is 2.45. The summed E-state index contributed by atoms with van der Waals surface area (Å²) in [5, 5.41) is 4.02. The van der Waals surface area contributed by atoms with Crippen molar-refractivity contribution >= 4 is 12.1 Å². The molecule has 4 heteroatoms. The van der Waals surface area contributed by atoms with Crippen LogP contribution in [-0.2, 0) is 0 Å². The van der Waals surface area contributed by atoms with Crippen LogP contribution in [0.5, 0.6) is 0 Å². The third-order valence-electron chi connectivity index (χ3n) is 2.00. The molecular formula is C8H13N3O. The summed E-state index contributed by atoms with van der Waals surface area (Å²) in [5.41, 5.74) is 6.13. The van der Waals surface area contributed by atoms with Gasteiger partial charge in [0.2, 0.25) is 0 Å². The second-order valence-electron chi connectivity index (χ2n) is 2.80. The highest BCUT2D eigenvalue weighted by Crippen LogP contribution is 2.16. The van der Waals surface area contributed by atoms with E-state index in [1.807, 2.05) is 13.8 Å². The van der Waals surface area contributed by atoms with Crippen LogP contribution in [0.1, 0.15) is 36.7 Å². The molecule has 1 atom stereocenters. The van der Waals surface area contributed by atoms with Crippen LogP contribution >= 0.6 is 0 Å². The van der Waals surface area contributed by atoms with Gasteiger partial charge in [-0.05, 0) is 13.3 Å². The van der Waals surface area contributed by atoms with Crippen LogP contribution in [0.3, 0.4) is 0 Å². The number of aldehydes is 1. The molecule has 0 fully saturated rings. The first-order chi connectivity index (χ1) is 5.70. The van der Waals surface area contributed by atoms with Gasteiger partial charge in [0.15, 0.2) is 6.29 Å². The van der Waals surface area contributed by atoms with E-state index in [0.717, 1.165) is 12.7 Å². The van der Waals surface area contributed by atoms with E-state index in [1.165, 1.54) is 6.20 Å². The molecule has 66 valence electrons. The zero-order valence-electron chi connectivity index (χ0n) is 7.32. The van der Waals surface area contributed by atoms with Gasteiger partial charge in [0.25, 0.3) is 0 Å². The van der Waals surface area contributed by atoms with E-state index in [9.17, 15) is 4.79 Å². The number of nitrogen functional groups attached to an aromatic ring is 1. The monoisotopic (exact) mass is 167 g/mol. The van der Waals surface area contributed by atoms with Crippen LogP contribution in [0.4, 0.5) is 5.82 Å². The van der Waals surface area contributed by atoms with Crippen molar-refractivity contribution in [3.05, 3.63) is 11.8 Å². The van der Waals surface area contributed by atoms with Crippen molar-refractivity contribution < 1.29 is 4.79 Å². The number of anilines is 1. The van der Waals surface area contributed by atoms with Crippen molar-refractivity contribution in [2.24, 2.45) is 0 Å². The Morgan fingerprint density at radius 2 is 2.50 bits per heavy atom. The smallest absolute Gasteiger partial charge is 0.155 e. The van der Waals surface area contributed by atoms with Crippen molar-refractivity contribution in [2.45, 2.75) is 26.3 Å². The second-order valence-corrected chi connectivity index (χ2v) is 2.80. The molecule has 0 aliphatic heterocycles. The average molecular weight is 167 g/mol. The number of carbonyl (C=O) groups is 1. The van der Waals surface area contributed by atoms with Gasteiger partial charge in [-0.25, -0.2) is 4.68 Å². The predicted octanol–water partition coefficient (Wildman–Crippen LogP) is 1.25. The Hall–Kier alpha value is -1.32. The minimum absolute atomic E-state index is 0.249. The van der Waals surface area contributed by atoms with E-state index in [0.29, 0.717) is 11.4 Å². The summed E-state index contributed by atoms with van der Waals surface area (Å²) in [5.74, 6) is 0.458. The fraction of sp³-hybridized carbons (Fsp3) is 0.500. The summed E-state index contributed by atoms with van der Waals surface area (Å²) in [6, 6.07) is 0.249. The molecule has 0 spiro atoms. The van der Waals surface area contributed by atoms with Crippen molar-refractivity contribution in [3.63, 3.8) is 0 Å². The summed E-state index contributed by atoms with van der Waals surface area (Å²) in [6.07, 6.45) is 3.17. The lowest BCUT2D eigenvalue weighted by Gasteiger charge is -2.10. The summed E-state index contributed by atoms with van der Waals surface area (Å²) >= 11 is 0. The lowest BCUT2D eigenvalue weighted by Crippen LogP contribution is -2.09. The minimum Gasteiger partial charge on any atom is -0.383 e. The van der Waals surface area contributed by atoms with E-state index < -0.39 is 0 Å². The minimum atomic E-state index is 0.249. The maximum absolute atomic E-state index is 10.4. The van der Waals surface area contributed by atoms with Crippen molar-refractivity contribution in [1.82, 2.24) is 9.78 Å². The highest BCUT2D eigenvalue weighted by molar-refractivity contribution is 5.81. The molecule has 0 aromatic carbocycles. The van der Waals surface area contributed by atoms with Gasteiger partial charge in [-0.2, -0.15) is 5.10 Å². The molecule has 0 radical (unpaired) electrons. The van der Waals surface area contributed by atoms with Gasteiger partial charge in [0.1, 0.15) is 5.82 Å². The maximum atomic E-state index is 10.4. The van der Waals surface area contributed by atoms with Crippen molar-refractivity contribution in [2.75, 3.05) is 5.73 Å². The molecule has 1 aromatic heterocycles. The number of hydrogen-bond acceptors (Lipinski definition) is 3. The Labute approximate surface area is 71.4 Å². The molecule has 4 nitrogen and oxygen atoms in total. The lowest BCUT2D eigenvalue weighted by molar-refractivity contribution is 0.112. The van der Waals surface area contributed by atoms with E-state index in [2.05, 4.69) is 5.10 Å². The standard InChI is InChI=1S/C8H13N3O/c1-3-6(2)11-8(9)7(5-12)4-10-11/h4-6H,3,9H2,1-2H3. The number of nitrogens with zero attached hydrogens (tertiary/aromatic N) is 2. The van der Waals surface area contributed by atoms with Gasteiger partial charge in [-0.15, -0.1) is 0 Å². The number of carbonyl (C=O) groups excluding carboxylic acids is 1. The predicted molar refractivity (Wildman–Crippen MR) is 47.0 cm³/mol. The quantitative estimate of drug-likeness (QED) is 0.689. The van der Waals surface area contributed by atoms with Crippen LogP contribution < -0.4 is 5.73 Å². The first-order valence-electron chi connectivity index (χ1n) is 3.98. The van der Waals surface area contributed by atoms with Gasteiger partial charge in [0.05, 0.1) is 17.8 Å². The Bertz CT molecular complexity index is 280. The molecule has 0 aliphatic rings. The fourth-order valence-electron chi connectivity index (χ4n) is 1.000. The highest BCUT2D eigenvalue weighted by atomic mass is 16.1. The third-order valence-corrected chi connectivity index (χ3v) is 2.00. The van der Waals surface area contributed by atoms with Gasteiger partial charge < -0.3 is 5.73 Å². The van der Waals surface area contributed by atoms with E-state index in [-0.39, 0.29) is 6.04 Å². The molecule has 1 heterocycles. The molecule has 0 bridgehead atoms. The molecular weight excluding hydrogens is 154 g/mol. The van der Waals surface area contributed by atoms with Gasteiger partial charge >= 0.3 is 0 Å². The number of nitrogens with two attached hydrogens (primary N) is 1. The summed E-state index contributed by atoms with van der Waals surface area (Å²) in [7, 11) is 0. The Morgan fingerprint density at radius 1 is 1.83 bits per heavy atom. The van der Waals surface area contributed by atoms with Crippen LogP contribution in [0, 0.1) is 0 Å². The molecule has 0 saturated heterocycles. The molecule has 1 unspecified atom stereocenters.